The number of fused-ring (bicyclic) bond motifs is 3. The van der Waals surface area contributed by atoms with Crippen LogP contribution in [-0.2, 0) is 6.42 Å². The van der Waals surface area contributed by atoms with E-state index in [4.69, 9.17) is 4.99 Å². The van der Waals surface area contributed by atoms with E-state index in [9.17, 15) is 5.11 Å². The van der Waals surface area contributed by atoms with Gasteiger partial charge in [0.1, 0.15) is 5.70 Å². The molecule has 2 aliphatic rings. The molecule has 236 valence electrons. The van der Waals surface area contributed by atoms with Gasteiger partial charge in [-0.3, -0.25) is 4.99 Å². The predicted octanol–water partition coefficient (Wildman–Crippen LogP) is 9.09. The van der Waals surface area contributed by atoms with Crippen LogP contribution in [0.1, 0.15) is 88.3 Å². The number of aromatic nitrogens is 1. The van der Waals surface area contributed by atoms with Crippen LogP contribution in [-0.4, -0.2) is 25.4 Å². The van der Waals surface area contributed by atoms with E-state index in [1.54, 1.807) is 10.8 Å². The highest BCUT2D eigenvalue weighted by atomic mass is 28.3. The SMILES string of the molecule is C=CC(C)=NC(=C)C1C(CCC(/C=C\CC)CNC(=C)O)c2ccccc2-c2cc(CC3CCCCC3)c([Si](C)(C)C)c[n+]21. The highest BCUT2D eigenvalue weighted by Gasteiger charge is 2.43. The van der Waals surface area contributed by atoms with Crippen LogP contribution >= 0.6 is 0 Å². The lowest BCUT2D eigenvalue weighted by Gasteiger charge is -2.33. The van der Waals surface area contributed by atoms with E-state index in [2.05, 4.69) is 105 Å². The molecule has 5 heteroatoms. The first-order valence-corrected chi connectivity index (χ1v) is 20.4. The Labute approximate surface area is 268 Å². The molecule has 1 aromatic carbocycles. The summed E-state index contributed by atoms with van der Waals surface area (Å²) >= 11 is 0. The number of allylic oxidation sites excluding steroid dienone is 3. The molecular formula is C39H56N3OSi+. The number of hydrogen-bond acceptors (Lipinski definition) is 3. The van der Waals surface area contributed by atoms with Gasteiger partial charge < -0.3 is 10.4 Å². The third-order valence-electron chi connectivity index (χ3n) is 9.58. The first-order chi connectivity index (χ1) is 21.0. The fraction of sp³-hybridized carbons (Fsp3) is 0.487. The third kappa shape index (κ3) is 8.29. The summed E-state index contributed by atoms with van der Waals surface area (Å²) in [6.45, 7) is 24.5. The van der Waals surface area contributed by atoms with Gasteiger partial charge in [-0.1, -0.05) is 102 Å². The van der Waals surface area contributed by atoms with E-state index in [-0.39, 0.29) is 23.8 Å². The van der Waals surface area contributed by atoms with Crippen molar-refractivity contribution in [1.82, 2.24) is 5.32 Å². The lowest BCUT2D eigenvalue weighted by molar-refractivity contribution is -0.708. The molecule has 4 rings (SSSR count). The average molecular weight is 611 g/mol. The molecule has 3 atom stereocenters. The van der Waals surface area contributed by atoms with Crippen molar-refractivity contribution in [1.29, 1.82) is 0 Å². The zero-order valence-electron chi connectivity index (χ0n) is 28.0. The summed E-state index contributed by atoms with van der Waals surface area (Å²) in [7, 11) is -1.66. The molecule has 1 saturated carbocycles. The summed E-state index contributed by atoms with van der Waals surface area (Å²) in [5.41, 5.74) is 7.35. The first kappa shape index (κ1) is 33.7. The molecule has 2 N–H and O–H groups in total. The van der Waals surface area contributed by atoms with E-state index in [1.807, 2.05) is 13.0 Å². The molecule has 0 radical (unpaired) electrons. The van der Waals surface area contributed by atoms with E-state index in [1.165, 1.54) is 55.3 Å². The number of aliphatic imine (C=N–C) groups is 1. The largest absolute Gasteiger partial charge is 0.495 e. The summed E-state index contributed by atoms with van der Waals surface area (Å²) < 4.78 is 2.54. The summed E-state index contributed by atoms with van der Waals surface area (Å²) in [5, 5.41) is 14.4. The van der Waals surface area contributed by atoms with Gasteiger partial charge in [0.15, 0.2) is 12.1 Å². The molecular weight excluding hydrogens is 555 g/mol. The minimum atomic E-state index is -1.66. The second-order valence-corrected chi connectivity index (χ2v) is 19.1. The van der Waals surface area contributed by atoms with Crippen LogP contribution in [0.15, 0.2) is 91.1 Å². The molecule has 1 aliphatic carbocycles. The van der Waals surface area contributed by atoms with Gasteiger partial charge in [-0.25, -0.2) is 0 Å². The molecule has 1 aliphatic heterocycles. The Morgan fingerprint density at radius 2 is 1.89 bits per heavy atom. The van der Waals surface area contributed by atoms with Crippen LogP contribution in [0.3, 0.4) is 0 Å². The number of benzene rings is 1. The zero-order valence-corrected chi connectivity index (χ0v) is 29.0. The van der Waals surface area contributed by atoms with Gasteiger partial charge in [-0.05, 0) is 74.3 Å². The molecule has 0 amide bonds. The molecule has 0 saturated heterocycles. The molecule has 0 bridgehead atoms. The number of nitrogens with one attached hydrogen (secondary N) is 1. The molecule has 4 nitrogen and oxygen atoms in total. The molecule has 1 aromatic heterocycles. The quantitative estimate of drug-likeness (QED) is 0.0737. The van der Waals surface area contributed by atoms with E-state index in [0.29, 0.717) is 6.54 Å². The fourth-order valence-corrected chi connectivity index (χ4v) is 8.97. The lowest BCUT2D eigenvalue weighted by Crippen LogP contribution is -2.54. The zero-order chi connectivity index (χ0) is 31.9. The van der Waals surface area contributed by atoms with Crippen LogP contribution in [0.2, 0.25) is 19.6 Å². The summed E-state index contributed by atoms with van der Waals surface area (Å²) in [6.07, 6.45) is 19.8. The maximum Gasteiger partial charge on any atom is 0.213 e. The van der Waals surface area contributed by atoms with Crippen molar-refractivity contribution in [3.63, 3.8) is 0 Å². The van der Waals surface area contributed by atoms with Crippen molar-refractivity contribution >= 4 is 19.0 Å². The Hall–Kier alpha value is -3.18. The monoisotopic (exact) mass is 610 g/mol. The van der Waals surface area contributed by atoms with Gasteiger partial charge >= 0.3 is 0 Å². The topological polar surface area (TPSA) is 48.5 Å². The van der Waals surface area contributed by atoms with Crippen LogP contribution in [0.5, 0.6) is 0 Å². The number of rotatable bonds is 14. The van der Waals surface area contributed by atoms with E-state index >= 15 is 0 Å². The standard InChI is InChI=1S/C39H55N3OSi/c1-9-11-17-32(26-40-30(5)43)22-23-36-34-20-15-16-21-35(34)37-25-33(24-31-18-13-12-14-19-31)38(44(6,7)8)27-42(37)39(36)29(4)41-28(3)10-2/h10-11,15-17,20-21,25,27,31-32,36,39-40H,2,4-5,9,12-14,18-19,22-24,26H2,1,3,6-8H3/p+1/b17-11-,41-28?. The Morgan fingerprint density at radius 1 is 1.16 bits per heavy atom. The highest BCUT2D eigenvalue weighted by molar-refractivity contribution is 6.89. The second-order valence-electron chi connectivity index (χ2n) is 14.1. The summed E-state index contributed by atoms with van der Waals surface area (Å²) in [5.74, 6) is 1.30. The maximum absolute atomic E-state index is 9.76. The Balaban J connectivity index is 1.85. The Bertz CT molecular complexity index is 1390. The minimum absolute atomic E-state index is 0.00482. The van der Waals surface area contributed by atoms with Crippen molar-refractivity contribution in [3.8, 4) is 11.3 Å². The third-order valence-corrected chi connectivity index (χ3v) is 11.6. The highest BCUT2D eigenvalue weighted by Crippen LogP contribution is 2.44. The van der Waals surface area contributed by atoms with Crippen molar-refractivity contribution in [2.45, 2.75) is 103 Å². The predicted molar refractivity (Wildman–Crippen MR) is 191 cm³/mol. The number of nitrogens with zero attached hydrogens (tertiary/aromatic N) is 2. The van der Waals surface area contributed by atoms with Crippen LogP contribution < -0.4 is 15.1 Å². The van der Waals surface area contributed by atoms with Crippen LogP contribution in [0.25, 0.3) is 11.3 Å². The normalized spacial score (nSPS) is 19.7. The smallest absolute Gasteiger partial charge is 0.213 e. The molecule has 3 unspecified atom stereocenters. The van der Waals surface area contributed by atoms with Crippen molar-refractivity contribution in [2.75, 3.05) is 6.54 Å². The van der Waals surface area contributed by atoms with Crippen LogP contribution in [0.4, 0.5) is 0 Å². The molecule has 0 spiro atoms. The second kappa shape index (κ2) is 15.2. The maximum atomic E-state index is 9.76. The van der Waals surface area contributed by atoms with Gasteiger partial charge in [0.2, 0.25) is 11.7 Å². The molecule has 2 aromatic rings. The fourth-order valence-electron chi connectivity index (χ4n) is 7.30. The summed E-state index contributed by atoms with van der Waals surface area (Å²) in [4.78, 5) is 5.01. The van der Waals surface area contributed by atoms with Gasteiger partial charge in [0.05, 0.1) is 14.0 Å². The average Bonchev–Trinajstić information content (AvgIpc) is 3.00. The van der Waals surface area contributed by atoms with Crippen molar-refractivity contribution < 1.29 is 9.67 Å². The molecule has 1 fully saturated rings. The number of aliphatic hydroxyl groups excluding tert-OH is 1. The van der Waals surface area contributed by atoms with Gasteiger partial charge in [0.25, 0.3) is 0 Å². The molecule has 2 heterocycles. The van der Waals surface area contributed by atoms with Gasteiger partial charge in [-0.15, -0.1) is 0 Å². The van der Waals surface area contributed by atoms with E-state index < -0.39 is 8.07 Å². The van der Waals surface area contributed by atoms with Gasteiger partial charge in [0, 0.05) is 29.1 Å². The molecule has 44 heavy (non-hydrogen) atoms. The van der Waals surface area contributed by atoms with Gasteiger partial charge in [-0.2, -0.15) is 4.57 Å². The summed E-state index contributed by atoms with van der Waals surface area (Å²) in [6, 6.07) is 11.6. The van der Waals surface area contributed by atoms with Crippen molar-refractivity contribution in [3.05, 3.63) is 97.2 Å². The number of pyridine rings is 1. The number of hydrogen-bond donors (Lipinski definition) is 2. The number of aliphatic hydroxyl groups is 1. The Kier molecular flexibility index (Phi) is 11.6. The lowest BCUT2D eigenvalue weighted by atomic mass is 9.77. The Morgan fingerprint density at radius 3 is 2.55 bits per heavy atom. The van der Waals surface area contributed by atoms with E-state index in [0.717, 1.165) is 36.6 Å². The van der Waals surface area contributed by atoms with Crippen molar-refractivity contribution in [2.24, 2.45) is 16.8 Å². The first-order valence-electron chi connectivity index (χ1n) is 16.9. The van der Waals surface area contributed by atoms with Crippen LogP contribution in [0, 0.1) is 11.8 Å². The minimum Gasteiger partial charge on any atom is -0.495 e.